The van der Waals surface area contributed by atoms with Crippen LogP contribution in [0.5, 0.6) is 0 Å². The Bertz CT molecular complexity index is 854. The summed E-state index contributed by atoms with van der Waals surface area (Å²) in [6.07, 6.45) is 0.794. The first-order chi connectivity index (χ1) is 13.6. The van der Waals surface area contributed by atoms with Crippen LogP contribution in [-0.2, 0) is 26.2 Å². The van der Waals surface area contributed by atoms with Crippen molar-refractivity contribution in [2.45, 2.75) is 31.5 Å². The van der Waals surface area contributed by atoms with Gasteiger partial charge in [0.25, 0.3) is 0 Å². The molecule has 29 heavy (non-hydrogen) atoms. The van der Waals surface area contributed by atoms with Crippen molar-refractivity contribution in [1.29, 1.82) is 0 Å². The molecule has 2 aliphatic rings. The van der Waals surface area contributed by atoms with E-state index in [2.05, 4.69) is 4.90 Å². The molecule has 1 amide bonds. The van der Waals surface area contributed by atoms with E-state index in [4.69, 9.17) is 4.74 Å². The molecule has 1 N–H and O–H groups in total. The Labute approximate surface area is 170 Å². The van der Waals surface area contributed by atoms with Gasteiger partial charge in [0, 0.05) is 38.8 Å². The van der Waals surface area contributed by atoms with Crippen LogP contribution in [0.25, 0.3) is 0 Å². The third-order valence-electron chi connectivity index (χ3n) is 5.77. The fourth-order valence-electron chi connectivity index (χ4n) is 3.97. The van der Waals surface area contributed by atoms with Gasteiger partial charge in [-0.05, 0) is 18.9 Å². The summed E-state index contributed by atoms with van der Waals surface area (Å²) in [6, 6.07) is 9.04. The molecule has 160 valence electrons. The molecular formula is C19H27N3O6S. The van der Waals surface area contributed by atoms with Crippen molar-refractivity contribution in [2.75, 3.05) is 39.0 Å². The van der Waals surface area contributed by atoms with E-state index >= 15 is 0 Å². The second kappa shape index (κ2) is 8.29. The van der Waals surface area contributed by atoms with Crippen LogP contribution in [0.2, 0.25) is 0 Å². The number of aliphatic carboxylic acids is 1. The number of carboxylic acids is 1. The van der Waals surface area contributed by atoms with E-state index in [1.807, 2.05) is 30.3 Å². The summed E-state index contributed by atoms with van der Waals surface area (Å²) in [5.41, 5.74) is -0.544. The zero-order chi connectivity index (χ0) is 21.2. The fraction of sp³-hybridized carbons (Fsp3) is 0.579. The minimum absolute atomic E-state index is 0.0730. The molecule has 0 aromatic heterocycles. The molecule has 0 radical (unpaired) electrons. The minimum Gasteiger partial charge on any atom is -0.480 e. The van der Waals surface area contributed by atoms with Crippen molar-refractivity contribution in [3.63, 3.8) is 0 Å². The molecular weight excluding hydrogens is 398 g/mol. The lowest BCUT2D eigenvalue weighted by Gasteiger charge is -2.36. The SMILES string of the molecule is C[C@@]1(C(=O)O)C[C@H](N2CCN(S(C)(=O)=O)CC2)CN1C(=O)OCc1ccccc1. The number of likely N-dealkylation sites (tertiary alicyclic amines) is 1. The summed E-state index contributed by atoms with van der Waals surface area (Å²) >= 11 is 0. The summed E-state index contributed by atoms with van der Waals surface area (Å²) in [6.45, 7) is 3.56. The predicted octanol–water partition coefficient (Wildman–Crippen LogP) is 0.818. The van der Waals surface area contributed by atoms with E-state index in [1.54, 1.807) is 0 Å². The Kier molecular flexibility index (Phi) is 6.16. The summed E-state index contributed by atoms with van der Waals surface area (Å²) in [5.74, 6) is -1.08. The number of carbonyl (C=O) groups is 2. The fourth-order valence-corrected chi connectivity index (χ4v) is 4.79. The zero-order valence-corrected chi connectivity index (χ0v) is 17.5. The van der Waals surface area contributed by atoms with Crippen LogP contribution >= 0.6 is 0 Å². The summed E-state index contributed by atoms with van der Waals surface area (Å²) in [7, 11) is -3.24. The molecule has 3 rings (SSSR count). The number of carboxylic acid groups (broad SMARTS) is 1. The highest BCUT2D eigenvalue weighted by Gasteiger charge is 2.52. The molecule has 0 bridgehead atoms. The predicted molar refractivity (Wildman–Crippen MR) is 106 cm³/mol. The van der Waals surface area contributed by atoms with E-state index < -0.39 is 27.6 Å². The number of ether oxygens (including phenoxy) is 1. The van der Waals surface area contributed by atoms with Gasteiger partial charge in [0.05, 0.1) is 6.26 Å². The number of rotatable bonds is 5. The molecule has 2 saturated heterocycles. The standard InChI is InChI=1S/C19H27N3O6S/c1-19(17(23)24)12-16(20-8-10-21(11-9-20)29(2,26)27)13-22(19)18(25)28-14-15-6-4-3-5-7-15/h3-7,16H,8-14H2,1-2H3,(H,23,24)/t16-,19-/m0/s1. The lowest BCUT2D eigenvalue weighted by molar-refractivity contribution is -0.147. The van der Waals surface area contributed by atoms with Crippen molar-refractivity contribution in [2.24, 2.45) is 0 Å². The maximum atomic E-state index is 12.7. The van der Waals surface area contributed by atoms with Gasteiger partial charge >= 0.3 is 12.1 Å². The van der Waals surface area contributed by atoms with Gasteiger partial charge in [0.2, 0.25) is 10.0 Å². The van der Waals surface area contributed by atoms with E-state index in [-0.39, 0.29) is 25.6 Å². The molecule has 1 aromatic rings. The lowest BCUT2D eigenvalue weighted by Crippen LogP contribution is -2.52. The maximum absolute atomic E-state index is 12.7. The molecule has 0 aliphatic carbocycles. The normalized spacial score (nSPS) is 26.4. The van der Waals surface area contributed by atoms with Crippen LogP contribution < -0.4 is 0 Å². The minimum atomic E-state index is -3.24. The van der Waals surface area contributed by atoms with E-state index in [9.17, 15) is 23.1 Å². The Morgan fingerprint density at radius 2 is 1.79 bits per heavy atom. The third-order valence-corrected chi connectivity index (χ3v) is 7.07. The molecule has 2 aliphatic heterocycles. The van der Waals surface area contributed by atoms with Gasteiger partial charge in [-0.2, -0.15) is 4.31 Å². The molecule has 2 heterocycles. The number of hydrogen-bond acceptors (Lipinski definition) is 6. The summed E-state index contributed by atoms with van der Waals surface area (Å²) in [5, 5.41) is 9.79. The number of nitrogens with zero attached hydrogens (tertiary/aromatic N) is 3. The van der Waals surface area contributed by atoms with Gasteiger partial charge in [0.1, 0.15) is 12.1 Å². The van der Waals surface area contributed by atoms with Gasteiger partial charge < -0.3 is 9.84 Å². The van der Waals surface area contributed by atoms with E-state index in [1.165, 1.54) is 22.4 Å². The van der Waals surface area contributed by atoms with Crippen molar-refractivity contribution >= 4 is 22.1 Å². The van der Waals surface area contributed by atoms with Crippen LogP contribution in [0.15, 0.2) is 30.3 Å². The Hall–Kier alpha value is -2.17. The van der Waals surface area contributed by atoms with Crippen LogP contribution in [0.1, 0.15) is 18.9 Å². The Morgan fingerprint density at radius 3 is 2.34 bits per heavy atom. The summed E-state index contributed by atoms with van der Waals surface area (Å²) in [4.78, 5) is 28.0. The number of sulfonamides is 1. The van der Waals surface area contributed by atoms with Crippen LogP contribution in [-0.4, -0.2) is 90.3 Å². The topological polar surface area (TPSA) is 107 Å². The maximum Gasteiger partial charge on any atom is 0.411 e. The highest BCUT2D eigenvalue weighted by atomic mass is 32.2. The van der Waals surface area contributed by atoms with Gasteiger partial charge in [-0.15, -0.1) is 0 Å². The largest absolute Gasteiger partial charge is 0.480 e. The number of hydrogen-bond donors (Lipinski definition) is 1. The Morgan fingerprint density at radius 1 is 1.17 bits per heavy atom. The molecule has 2 atom stereocenters. The molecule has 0 saturated carbocycles. The van der Waals surface area contributed by atoms with Crippen molar-refractivity contribution < 1.29 is 27.9 Å². The molecule has 2 fully saturated rings. The summed E-state index contributed by atoms with van der Waals surface area (Å²) < 4.78 is 30.2. The third kappa shape index (κ3) is 4.71. The second-order valence-electron chi connectivity index (χ2n) is 7.79. The monoisotopic (exact) mass is 425 g/mol. The zero-order valence-electron chi connectivity index (χ0n) is 16.7. The average molecular weight is 426 g/mol. The first-order valence-electron chi connectivity index (χ1n) is 9.52. The Balaban J connectivity index is 1.66. The first kappa shape index (κ1) is 21.5. The highest BCUT2D eigenvalue weighted by molar-refractivity contribution is 7.88. The van der Waals surface area contributed by atoms with Gasteiger partial charge in [-0.3, -0.25) is 9.80 Å². The van der Waals surface area contributed by atoms with E-state index in [0.29, 0.717) is 26.2 Å². The molecule has 1 aromatic carbocycles. The molecule has 0 spiro atoms. The molecule has 10 heteroatoms. The number of carbonyl (C=O) groups excluding carboxylic acids is 1. The van der Waals surface area contributed by atoms with Crippen molar-refractivity contribution in [1.82, 2.24) is 14.1 Å². The van der Waals surface area contributed by atoms with Crippen molar-refractivity contribution in [3.8, 4) is 0 Å². The van der Waals surface area contributed by atoms with Gasteiger partial charge in [-0.25, -0.2) is 18.0 Å². The van der Waals surface area contributed by atoms with Gasteiger partial charge in [-0.1, -0.05) is 30.3 Å². The quantitative estimate of drug-likeness (QED) is 0.744. The number of amides is 1. The molecule has 9 nitrogen and oxygen atoms in total. The average Bonchev–Trinajstić information content (AvgIpc) is 3.05. The smallest absolute Gasteiger partial charge is 0.411 e. The molecule has 0 unspecified atom stereocenters. The van der Waals surface area contributed by atoms with Gasteiger partial charge in [0.15, 0.2) is 0 Å². The number of piperazine rings is 1. The highest BCUT2D eigenvalue weighted by Crippen LogP contribution is 2.33. The van der Waals surface area contributed by atoms with Crippen LogP contribution in [0.3, 0.4) is 0 Å². The second-order valence-corrected chi connectivity index (χ2v) is 9.77. The van der Waals surface area contributed by atoms with Crippen LogP contribution in [0, 0.1) is 0 Å². The number of benzene rings is 1. The van der Waals surface area contributed by atoms with E-state index in [0.717, 1.165) is 5.56 Å². The first-order valence-corrected chi connectivity index (χ1v) is 11.4. The van der Waals surface area contributed by atoms with Crippen molar-refractivity contribution in [3.05, 3.63) is 35.9 Å². The van der Waals surface area contributed by atoms with Crippen LogP contribution in [0.4, 0.5) is 4.79 Å². The lowest BCUT2D eigenvalue weighted by atomic mass is 9.97.